The van der Waals surface area contributed by atoms with E-state index in [2.05, 4.69) is 0 Å². The first-order chi connectivity index (χ1) is 15.3. The average molecular weight is 435 g/mol. The number of aliphatic hydroxyl groups is 1. The van der Waals surface area contributed by atoms with Gasteiger partial charge >= 0.3 is 0 Å². The van der Waals surface area contributed by atoms with E-state index in [9.17, 15) is 19.1 Å². The molecule has 0 saturated carbocycles. The standard InChI is InChI=1S/C25H22FNO5/c1-14-12-16(9-10-18(14)26)23(28)21-22(20-11-8-15(2)32-20)27(25(30)24(21)29)13-17-6-4-5-7-19(17)31-3/h4-12,22,28H,13H2,1-3H3/b23-21+. The summed E-state index contributed by atoms with van der Waals surface area (Å²) in [6.07, 6.45) is 0. The number of carbonyl (C=O) groups is 2. The molecule has 0 aliphatic carbocycles. The van der Waals surface area contributed by atoms with Crippen molar-refractivity contribution in [2.45, 2.75) is 26.4 Å². The Bertz CT molecular complexity index is 1240. The summed E-state index contributed by atoms with van der Waals surface area (Å²) in [5.74, 6) is -0.909. The third kappa shape index (κ3) is 3.66. The first-order valence-electron chi connectivity index (χ1n) is 10.0. The molecule has 1 aliphatic rings. The van der Waals surface area contributed by atoms with Crippen LogP contribution in [0.25, 0.3) is 5.76 Å². The number of ketones is 1. The normalized spacial score (nSPS) is 17.8. The van der Waals surface area contributed by atoms with Gasteiger partial charge in [-0.25, -0.2) is 4.39 Å². The Morgan fingerprint density at radius 1 is 1.12 bits per heavy atom. The maximum atomic E-state index is 13.7. The lowest BCUT2D eigenvalue weighted by Crippen LogP contribution is -2.29. The van der Waals surface area contributed by atoms with Gasteiger partial charge in [-0.3, -0.25) is 9.59 Å². The van der Waals surface area contributed by atoms with Crippen molar-refractivity contribution in [1.82, 2.24) is 4.90 Å². The second-order valence-corrected chi connectivity index (χ2v) is 7.65. The number of ether oxygens (including phenoxy) is 1. The number of hydrogen-bond acceptors (Lipinski definition) is 5. The van der Waals surface area contributed by atoms with E-state index >= 15 is 0 Å². The molecule has 7 heteroatoms. The second kappa shape index (κ2) is 8.34. The topological polar surface area (TPSA) is 80.0 Å². The molecule has 2 aromatic carbocycles. The summed E-state index contributed by atoms with van der Waals surface area (Å²) in [5, 5.41) is 11.0. The van der Waals surface area contributed by atoms with E-state index in [0.29, 0.717) is 28.4 Å². The molecule has 1 saturated heterocycles. The lowest BCUT2D eigenvalue weighted by Gasteiger charge is -2.24. The quantitative estimate of drug-likeness (QED) is 0.358. The minimum absolute atomic E-state index is 0.0677. The van der Waals surface area contributed by atoms with Crippen LogP contribution in [0.15, 0.2) is 64.6 Å². The Hall–Kier alpha value is -3.87. The predicted molar refractivity (Wildman–Crippen MR) is 115 cm³/mol. The number of Topliss-reactive ketones (excluding diaryl/α,β-unsaturated/α-hetero) is 1. The molecule has 3 aromatic rings. The fourth-order valence-corrected chi connectivity index (χ4v) is 3.90. The van der Waals surface area contributed by atoms with Gasteiger partial charge in [-0.1, -0.05) is 18.2 Å². The van der Waals surface area contributed by atoms with Gasteiger partial charge in [-0.2, -0.15) is 0 Å². The molecule has 4 rings (SSSR count). The number of benzene rings is 2. The SMILES string of the molecule is COc1ccccc1CN1C(=O)C(=O)/C(=C(/O)c2ccc(F)c(C)c2)C1c1ccc(C)o1. The number of aliphatic hydroxyl groups excluding tert-OH is 1. The van der Waals surface area contributed by atoms with Crippen LogP contribution < -0.4 is 4.74 Å². The summed E-state index contributed by atoms with van der Waals surface area (Å²) in [5.41, 5.74) is 1.14. The van der Waals surface area contributed by atoms with Gasteiger partial charge in [0.2, 0.25) is 0 Å². The van der Waals surface area contributed by atoms with Crippen LogP contribution in [0.5, 0.6) is 5.75 Å². The molecule has 1 unspecified atom stereocenters. The van der Waals surface area contributed by atoms with E-state index in [1.165, 1.54) is 30.2 Å². The zero-order chi connectivity index (χ0) is 23.0. The molecule has 164 valence electrons. The van der Waals surface area contributed by atoms with Gasteiger partial charge in [0.15, 0.2) is 0 Å². The predicted octanol–water partition coefficient (Wildman–Crippen LogP) is 4.67. The van der Waals surface area contributed by atoms with Gasteiger partial charge in [-0.15, -0.1) is 0 Å². The van der Waals surface area contributed by atoms with E-state index in [0.717, 1.165) is 0 Å². The Balaban J connectivity index is 1.86. The van der Waals surface area contributed by atoms with Crippen molar-refractivity contribution >= 4 is 17.4 Å². The van der Waals surface area contributed by atoms with Crippen molar-refractivity contribution in [2.75, 3.05) is 7.11 Å². The Morgan fingerprint density at radius 3 is 2.53 bits per heavy atom. The van der Waals surface area contributed by atoms with Crippen molar-refractivity contribution in [2.24, 2.45) is 0 Å². The minimum atomic E-state index is -0.945. The van der Waals surface area contributed by atoms with Crippen LogP contribution in [0, 0.1) is 19.7 Å². The van der Waals surface area contributed by atoms with Crippen LogP contribution in [0.3, 0.4) is 0 Å². The number of para-hydroxylation sites is 1. The highest BCUT2D eigenvalue weighted by Crippen LogP contribution is 2.41. The highest BCUT2D eigenvalue weighted by atomic mass is 19.1. The molecule has 0 spiro atoms. The molecule has 0 bridgehead atoms. The van der Waals surface area contributed by atoms with Crippen molar-refractivity contribution in [3.8, 4) is 5.75 Å². The molecule has 6 nitrogen and oxygen atoms in total. The fraction of sp³-hybridized carbons (Fsp3) is 0.200. The highest BCUT2D eigenvalue weighted by molar-refractivity contribution is 6.46. The molecule has 32 heavy (non-hydrogen) atoms. The smallest absolute Gasteiger partial charge is 0.296 e. The number of furan rings is 1. The van der Waals surface area contributed by atoms with Crippen LogP contribution in [0.4, 0.5) is 4.39 Å². The third-order valence-electron chi connectivity index (χ3n) is 5.54. The molecule has 1 aromatic heterocycles. The number of methoxy groups -OCH3 is 1. The van der Waals surface area contributed by atoms with Gasteiger partial charge in [0.1, 0.15) is 34.9 Å². The van der Waals surface area contributed by atoms with Gasteiger partial charge in [0.05, 0.1) is 19.2 Å². The number of amides is 1. The van der Waals surface area contributed by atoms with Crippen LogP contribution in [0.2, 0.25) is 0 Å². The first kappa shape index (κ1) is 21.4. The van der Waals surface area contributed by atoms with Gasteiger partial charge < -0.3 is 19.2 Å². The number of rotatable bonds is 5. The molecule has 1 atom stereocenters. The molecule has 1 N–H and O–H groups in total. The second-order valence-electron chi connectivity index (χ2n) is 7.65. The van der Waals surface area contributed by atoms with E-state index in [4.69, 9.17) is 9.15 Å². The minimum Gasteiger partial charge on any atom is -0.507 e. The number of halogens is 1. The van der Waals surface area contributed by atoms with Gasteiger partial charge in [0, 0.05) is 11.1 Å². The zero-order valence-electron chi connectivity index (χ0n) is 17.9. The Labute approximate surface area is 184 Å². The Kier molecular flexibility index (Phi) is 5.57. The van der Waals surface area contributed by atoms with Crippen LogP contribution in [-0.2, 0) is 16.1 Å². The van der Waals surface area contributed by atoms with Gasteiger partial charge in [-0.05, 0) is 55.8 Å². The summed E-state index contributed by atoms with van der Waals surface area (Å²) in [4.78, 5) is 27.5. The maximum absolute atomic E-state index is 13.7. The lowest BCUT2D eigenvalue weighted by molar-refractivity contribution is -0.140. The number of aryl methyl sites for hydroxylation is 2. The average Bonchev–Trinajstić information content (AvgIpc) is 3.31. The molecule has 0 radical (unpaired) electrons. The summed E-state index contributed by atoms with van der Waals surface area (Å²) in [6.45, 7) is 3.37. The fourth-order valence-electron chi connectivity index (χ4n) is 3.90. The summed E-state index contributed by atoms with van der Waals surface area (Å²) >= 11 is 0. The van der Waals surface area contributed by atoms with Crippen molar-refractivity contribution in [3.63, 3.8) is 0 Å². The van der Waals surface area contributed by atoms with E-state index < -0.39 is 23.5 Å². The van der Waals surface area contributed by atoms with Crippen molar-refractivity contribution < 1.29 is 28.2 Å². The third-order valence-corrected chi connectivity index (χ3v) is 5.54. The molecule has 2 heterocycles. The maximum Gasteiger partial charge on any atom is 0.296 e. The number of likely N-dealkylation sites (tertiary alicyclic amines) is 1. The molecule has 1 amide bonds. The monoisotopic (exact) mass is 435 g/mol. The van der Waals surface area contributed by atoms with Crippen LogP contribution in [-0.4, -0.2) is 28.8 Å². The lowest BCUT2D eigenvalue weighted by atomic mass is 9.98. The van der Waals surface area contributed by atoms with E-state index in [1.54, 1.807) is 44.2 Å². The highest BCUT2D eigenvalue weighted by Gasteiger charge is 2.47. The van der Waals surface area contributed by atoms with Crippen LogP contribution >= 0.6 is 0 Å². The van der Waals surface area contributed by atoms with Crippen molar-refractivity contribution in [1.29, 1.82) is 0 Å². The Morgan fingerprint density at radius 2 is 1.88 bits per heavy atom. The molecular weight excluding hydrogens is 413 g/mol. The number of nitrogens with zero attached hydrogens (tertiary/aromatic N) is 1. The first-order valence-corrected chi connectivity index (χ1v) is 10.0. The van der Waals surface area contributed by atoms with Crippen LogP contribution in [0.1, 0.15) is 34.3 Å². The number of carbonyl (C=O) groups excluding carboxylic acids is 2. The zero-order valence-corrected chi connectivity index (χ0v) is 17.9. The number of hydrogen-bond donors (Lipinski definition) is 1. The summed E-state index contributed by atoms with van der Waals surface area (Å²) < 4.78 is 24.9. The largest absolute Gasteiger partial charge is 0.507 e. The summed E-state index contributed by atoms with van der Waals surface area (Å²) in [6, 6.07) is 13.6. The van der Waals surface area contributed by atoms with E-state index in [1.807, 2.05) is 6.07 Å². The molecular formula is C25H22FNO5. The molecule has 1 fully saturated rings. The van der Waals surface area contributed by atoms with Crippen molar-refractivity contribution in [3.05, 3.63) is 94.2 Å². The van der Waals surface area contributed by atoms with Gasteiger partial charge in [0.25, 0.3) is 11.7 Å². The summed E-state index contributed by atoms with van der Waals surface area (Å²) in [7, 11) is 1.52. The molecule has 1 aliphatic heterocycles. The van der Waals surface area contributed by atoms with E-state index in [-0.39, 0.29) is 23.4 Å².